The maximum atomic E-state index is 13.2. The van der Waals surface area contributed by atoms with Crippen molar-refractivity contribution >= 4 is 11.9 Å². The molecule has 0 spiro atoms. The molecule has 2 unspecified atom stereocenters. The molecular formula is C17H16F4N4O. The van der Waals surface area contributed by atoms with Gasteiger partial charge in [-0.1, -0.05) is 12.1 Å². The van der Waals surface area contributed by atoms with Gasteiger partial charge in [0.1, 0.15) is 5.82 Å². The number of aromatic nitrogens is 2. The van der Waals surface area contributed by atoms with Gasteiger partial charge in [0.25, 0.3) is 0 Å². The normalized spacial score (nSPS) is 20.7. The van der Waals surface area contributed by atoms with Gasteiger partial charge in [0.15, 0.2) is 0 Å². The van der Waals surface area contributed by atoms with Crippen LogP contribution in [0.5, 0.6) is 0 Å². The number of rotatable bonds is 3. The molecule has 0 bridgehead atoms. The molecule has 5 nitrogen and oxygen atoms in total. The summed E-state index contributed by atoms with van der Waals surface area (Å²) in [5.74, 6) is -2.41. The highest BCUT2D eigenvalue weighted by molar-refractivity contribution is 5.82. The van der Waals surface area contributed by atoms with E-state index in [0.29, 0.717) is 24.5 Å². The van der Waals surface area contributed by atoms with Gasteiger partial charge in [-0.25, -0.2) is 14.4 Å². The fourth-order valence-electron chi connectivity index (χ4n) is 3.09. The van der Waals surface area contributed by atoms with Crippen LogP contribution < -0.4 is 10.2 Å². The molecule has 0 aliphatic carbocycles. The van der Waals surface area contributed by atoms with E-state index in [2.05, 4.69) is 15.3 Å². The number of nitrogens with one attached hydrogen (secondary N) is 1. The lowest BCUT2D eigenvalue weighted by molar-refractivity contribution is -0.174. The van der Waals surface area contributed by atoms with E-state index >= 15 is 0 Å². The molecule has 2 heterocycles. The molecule has 1 N–H and O–H groups in total. The van der Waals surface area contributed by atoms with Crippen molar-refractivity contribution in [2.24, 2.45) is 0 Å². The van der Waals surface area contributed by atoms with Crippen LogP contribution in [0.4, 0.5) is 23.5 Å². The summed E-state index contributed by atoms with van der Waals surface area (Å²) in [5.41, 5.74) is 0.674. The second-order valence-electron chi connectivity index (χ2n) is 6.02. The molecule has 0 radical (unpaired) electrons. The van der Waals surface area contributed by atoms with Crippen LogP contribution in [0.15, 0.2) is 42.7 Å². The molecule has 1 fully saturated rings. The number of amides is 1. The molecule has 2 atom stereocenters. The van der Waals surface area contributed by atoms with Gasteiger partial charge in [0.2, 0.25) is 5.95 Å². The van der Waals surface area contributed by atoms with Gasteiger partial charge in [-0.15, -0.1) is 0 Å². The lowest BCUT2D eigenvalue weighted by Crippen LogP contribution is -2.54. The van der Waals surface area contributed by atoms with E-state index in [4.69, 9.17) is 0 Å². The van der Waals surface area contributed by atoms with Gasteiger partial charge in [0, 0.05) is 31.4 Å². The number of carbonyl (C=O) groups is 1. The van der Waals surface area contributed by atoms with Crippen molar-refractivity contribution in [1.82, 2.24) is 15.3 Å². The van der Waals surface area contributed by atoms with E-state index in [9.17, 15) is 22.4 Å². The standard InChI is InChI=1S/C17H16F4N4O/c18-12-4-2-11(3-5-12)13-6-9-25(16-22-7-1-8-23-16)10-14(13)24-15(26)17(19,20)21/h1-5,7-8,13-14H,6,9-10H2,(H,24,26). The number of nitrogens with zero attached hydrogens (tertiary/aromatic N) is 3. The van der Waals surface area contributed by atoms with Crippen molar-refractivity contribution in [3.8, 4) is 0 Å². The third-order valence-electron chi connectivity index (χ3n) is 4.32. The molecular weight excluding hydrogens is 352 g/mol. The Morgan fingerprint density at radius 2 is 1.81 bits per heavy atom. The first kappa shape index (κ1) is 18.1. The minimum atomic E-state index is -4.97. The molecule has 9 heteroatoms. The quantitative estimate of drug-likeness (QED) is 0.847. The summed E-state index contributed by atoms with van der Waals surface area (Å²) in [5, 5.41) is 2.07. The summed E-state index contributed by atoms with van der Waals surface area (Å²) in [4.78, 5) is 21.4. The number of anilines is 1. The lowest BCUT2D eigenvalue weighted by Gasteiger charge is -2.39. The number of hydrogen-bond donors (Lipinski definition) is 1. The van der Waals surface area contributed by atoms with Crippen molar-refractivity contribution in [1.29, 1.82) is 0 Å². The minimum absolute atomic E-state index is 0.119. The second kappa shape index (κ2) is 7.27. The molecule has 1 aliphatic rings. The van der Waals surface area contributed by atoms with E-state index in [1.54, 1.807) is 11.0 Å². The molecule has 26 heavy (non-hydrogen) atoms. The summed E-state index contributed by atoms with van der Waals surface area (Å²) >= 11 is 0. The van der Waals surface area contributed by atoms with Crippen LogP contribution in [0.25, 0.3) is 0 Å². The predicted molar refractivity (Wildman–Crippen MR) is 86.0 cm³/mol. The average Bonchev–Trinajstić information content (AvgIpc) is 2.62. The zero-order valence-electron chi connectivity index (χ0n) is 13.6. The topological polar surface area (TPSA) is 58.1 Å². The Labute approximate surface area is 147 Å². The number of alkyl halides is 3. The van der Waals surface area contributed by atoms with Crippen LogP contribution >= 0.6 is 0 Å². The van der Waals surface area contributed by atoms with Crippen LogP contribution in [0, 0.1) is 5.82 Å². The Bertz CT molecular complexity index is 752. The summed E-state index contributed by atoms with van der Waals surface area (Å²) < 4.78 is 51.3. The monoisotopic (exact) mass is 368 g/mol. The van der Waals surface area contributed by atoms with Crippen LogP contribution in [-0.4, -0.2) is 41.2 Å². The number of benzene rings is 1. The minimum Gasteiger partial charge on any atom is -0.343 e. The van der Waals surface area contributed by atoms with E-state index in [1.165, 1.54) is 36.7 Å². The van der Waals surface area contributed by atoms with E-state index in [-0.39, 0.29) is 12.5 Å². The Kier molecular flexibility index (Phi) is 5.06. The number of carbonyl (C=O) groups excluding carboxylic acids is 1. The summed E-state index contributed by atoms with van der Waals surface area (Å²) in [7, 11) is 0. The zero-order valence-corrected chi connectivity index (χ0v) is 13.6. The van der Waals surface area contributed by atoms with E-state index in [0.717, 1.165) is 0 Å². The molecule has 138 valence electrons. The Morgan fingerprint density at radius 1 is 1.15 bits per heavy atom. The lowest BCUT2D eigenvalue weighted by atomic mass is 9.85. The largest absolute Gasteiger partial charge is 0.471 e. The van der Waals surface area contributed by atoms with Crippen LogP contribution in [0.2, 0.25) is 0 Å². The third-order valence-corrected chi connectivity index (χ3v) is 4.32. The van der Waals surface area contributed by atoms with E-state index < -0.39 is 23.9 Å². The SMILES string of the molecule is O=C(NC1CN(c2ncccn2)CCC1c1ccc(F)cc1)C(F)(F)F. The van der Waals surface area contributed by atoms with Gasteiger partial charge in [-0.2, -0.15) is 13.2 Å². The van der Waals surface area contributed by atoms with Gasteiger partial charge >= 0.3 is 12.1 Å². The number of piperidine rings is 1. The zero-order chi connectivity index (χ0) is 18.7. The highest BCUT2D eigenvalue weighted by atomic mass is 19.4. The number of halogens is 4. The molecule has 1 aromatic carbocycles. The maximum absolute atomic E-state index is 13.2. The van der Waals surface area contributed by atoms with Gasteiger partial charge < -0.3 is 10.2 Å². The van der Waals surface area contributed by atoms with Crippen molar-refractivity contribution in [3.63, 3.8) is 0 Å². The Morgan fingerprint density at radius 3 is 2.42 bits per heavy atom. The molecule has 1 aliphatic heterocycles. The molecule has 0 saturated carbocycles. The fourth-order valence-corrected chi connectivity index (χ4v) is 3.09. The third kappa shape index (κ3) is 4.09. The Balaban J connectivity index is 1.84. The van der Waals surface area contributed by atoms with Crippen molar-refractivity contribution in [2.45, 2.75) is 24.6 Å². The van der Waals surface area contributed by atoms with Crippen LogP contribution in [0.1, 0.15) is 17.9 Å². The average molecular weight is 368 g/mol. The van der Waals surface area contributed by atoms with Crippen molar-refractivity contribution in [3.05, 3.63) is 54.1 Å². The first-order chi connectivity index (χ1) is 12.3. The van der Waals surface area contributed by atoms with Gasteiger partial charge in [-0.3, -0.25) is 4.79 Å². The predicted octanol–water partition coefficient (Wildman–Crippen LogP) is 2.66. The first-order valence-electron chi connectivity index (χ1n) is 7.99. The Hall–Kier alpha value is -2.71. The second-order valence-corrected chi connectivity index (χ2v) is 6.02. The van der Waals surface area contributed by atoms with Crippen LogP contribution in [-0.2, 0) is 4.79 Å². The fraction of sp³-hybridized carbons (Fsp3) is 0.353. The first-order valence-corrected chi connectivity index (χ1v) is 7.99. The highest BCUT2D eigenvalue weighted by Crippen LogP contribution is 2.30. The molecule has 1 saturated heterocycles. The highest BCUT2D eigenvalue weighted by Gasteiger charge is 2.42. The number of hydrogen-bond acceptors (Lipinski definition) is 4. The summed E-state index contributed by atoms with van der Waals surface area (Å²) in [6.45, 7) is 0.623. The molecule has 1 amide bonds. The van der Waals surface area contributed by atoms with Gasteiger partial charge in [-0.05, 0) is 30.2 Å². The van der Waals surface area contributed by atoms with Crippen LogP contribution in [0.3, 0.4) is 0 Å². The summed E-state index contributed by atoms with van der Waals surface area (Å²) in [6.07, 6.45) is -1.43. The molecule has 2 aromatic rings. The van der Waals surface area contributed by atoms with Crippen molar-refractivity contribution < 1.29 is 22.4 Å². The van der Waals surface area contributed by atoms with Gasteiger partial charge in [0.05, 0.1) is 6.04 Å². The maximum Gasteiger partial charge on any atom is 0.471 e. The molecule has 1 aromatic heterocycles. The summed E-state index contributed by atoms with van der Waals surface area (Å²) in [6, 6.07) is 6.39. The molecule has 3 rings (SSSR count). The smallest absolute Gasteiger partial charge is 0.343 e. The van der Waals surface area contributed by atoms with E-state index in [1.807, 2.05) is 0 Å². The van der Waals surface area contributed by atoms with Crippen molar-refractivity contribution in [2.75, 3.05) is 18.0 Å².